The summed E-state index contributed by atoms with van der Waals surface area (Å²) >= 11 is 0. The van der Waals surface area contributed by atoms with Gasteiger partial charge in [0.25, 0.3) is 5.91 Å². The average Bonchev–Trinajstić information content (AvgIpc) is 3.40. The molecule has 3 heterocycles. The number of hydrogen-bond donors (Lipinski definition) is 1. The lowest BCUT2D eigenvalue weighted by Crippen LogP contribution is -2.52. The second-order valence-electron chi connectivity index (χ2n) is 9.85. The fraction of sp³-hybridized carbons (Fsp3) is 0.267. The lowest BCUT2D eigenvalue weighted by molar-refractivity contribution is -0.136. The zero-order valence-electron chi connectivity index (χ0n) is 20.6. The number of nitrogens with zero attached hydrogens (tertiary/aromatic N) is 2. The number of piperidine rings is 1. The van der Waals surface area contributed by atoms with Crippen molar-refractivity contribution in [3.8, 4) is 5.75 Å². The summed E-state index contributed by atoms with van der Waals surface area (Å²) < 4.78 is 6.14. The van der Waals surface area contributed by atoms with E-state index >= 15 is 0 Å². The largest absolute Gasteiger partial charge is 0.489 e. The van der Waals surface area contributed by atoms with Gasteiger partial charge in [-0.15, -0.1) is 0 Å². The van der Waals surface area contributed by atoms with Gasteiger partial charge in [-0.2, -0.15) is 0 Å². The first-order valence-electron chi connectivity index (χ1n) is 12.6. The number of benzene rings is 3. The molecule has 3 amide bonds. The molecule has 37 heavy (non-hydrogen) atoms. The van der Waals surface area contributed by atoms with Crippen LogP contribution in [-0.2, 0) is 29.2 Å². The highest BCUT2D eigenvalue weighted by Crippen LogP contribution is 2.36. The Balaban J connectivity index is 1.11. The molecule has 1 fully saturated rings. The third kappa shape index (κ3) is 4.31. The Bertz CT molecular complexity index is 1440. The summed E-state index contributed by atoms with van der Waals surface area (Å²) in [4.78, 5) is 43.2. The van der Waals surface area contributed by atoms with Crippen molar-refractivity contribution < 1.29 is 19.1 Å². The third-order valence-electron chi connectivity index (χ3n) is 7.51. The summed E-state index contributed by atoms with van der Waals surface area (Å²) in [6, 6.07) is 21.4. The van der Waals surface area contributed by atoms with Crippen LogP contribution in [0.2, 0.25) is 0 Å². The van der Waals surface area contributed by atoms with Crippen LogP contribution < -0.4 is 10.1 Å². The van der Waals surface area contributed by atoms with Gasteiger partial charge in [-0.1, -0.05) is 55.5 Å². The molecule has 0 saturated carbocycles. The predicted molar refractivity (Wildman–Crippen MR) is 139 cm³/mol. The summed E-state index contributed by atoms with van der Waals surface area (Å²) in [5, 5.41) is 2.34. The summed E-state index contributed by atoms with van der Waals surface area (Å²) in [5.41, 5.74) is 7.08. The second-order valence-corrected chi connectivity index (χ2v) is 9.85. The van der Waals surface area contributed by atoms with Gasteiger partial charge in [-0.3, -0.25) is 24.7 Å². The molecule has 3 aliphatic rings. The summed E-state index contributed by atoms with van der Waals surface area (Å²) in [5.74, 6) is 0.0436. The van der Waals surface area contributed by atoms with E-state index in [1.165, 1.54) is 16.8 Å². The Morgan fingerprint density at radius 2 is 1.76 bits per heavy atom. The van der Waals surface area contributed by atoms with Gasteiger partial charge in [0.05, 0.1) is 12.2 Å². The number of para-hydroxylation sites is 1. The van der Waals surface area contributed by atoms with Gasteiger partial charge >= 0.3 is 0 Å². The molecule has 0 radical (unpaired) electrons. The van der Waals surface area contributed by atoms with Crippen LogP contribution in [0, 0.1) is 0 Å². The van der Waals surface area contributed by atoms with Crippen molar-refractivity contribution in [2.24, 2.45) is 4.99 Å². The van der Waals surface area contributed by atoms with E-state index in [-0.39, 0.29) is 24.8 Å². The van der Waals surface area contributed by atoms with E-state index in [0.717, 1.165) is 23.2 Å². The Labute approximate surface area is 215 Å². The van der Waals surface area contributed by atoms with Crippen LogP contribution in [0.4, 0.5) is 5.69 Å². The normalized spacial score (nSPS) is 20.4. The molecule has 7 nitrogen and oxygen atoms in total. The number of fused-ring (bicyclic) bond motifs is 2. The summed E-state index contributed by atoms with van der Waals surface area (Å²) in [6.45, 7) is 2.86. The molecule has 0 bridgehead atoms. The molecule has 0 spiro atoms. The van der Waals surface area contributed by atoms with Crippen LogP contribution >= 0.6 is 0 Å². The number of aliphatic imine (C=N–C) groups is 1. The van der Waals surface area contributed by atoms with Gasteiger partial charge in [-0.05, 0) is 41.3 Å². The highest BCUT2D eigenvalue weighted by molar-refractivity contribution is 6.05. The number of nitrogens with one attached hydrogen (secondary N) is 1. The van der Waals surface area contributed by atoms with Crippen molar-refractivity contribution in [3.05, 3.63) is 94.5 Å². The minimum absolute atomic E-state index is 0.203. The molecule has 3 aliphatic heterocycles. The number of hydrogen-bond acceptors (Lipinski definition) is 5. The van der Waals surface area contributed by atoms with Gasteiger partial charge in [0.15, 0.2) is 0 Å². The highest BCUT2D eigenvalue weighted by Gasteiger charge is 2.40. The van der Waals surface area contributed by atoms with Gasteiger partial charge in [-0.25, -0.2) is 0 Å². The summed E-state index contributed by atoms with van der Waals surface area (Å²) in [6.07, 6.45) is 1.38. The highest BCUT2D eigenvalue weighted by atomic mass is 16.5. The predicted octanol–water partition coefficient (Wildman–Crippen LogP) is 4.46. The van der Waals surface area contributed by atoms with Gasteiger partial charge in [0.2, 0.25) is 11.8 Å². The number of carbonyl (C=O) groups is 3. The molecule has 2 unspecified atom stereocenters. The van der Waals surface area contributed by atoms with Gasteiger partial charge in [0.1, 0.15) is 18.4 Å². The molecule has 6 rings (SSSR count). The van der Waals surface area contributed by atoms with E-state index in [1.807, 2.05) is 12.1 Å². The quantitative estimate of drug-likeness (QED) is 0.514. The van der Waals surface area contributed by atoms with Crippen molar-refractivity contribution in [3.63, 3.8) is 0 Å². The third-order valence-corrected chi connectivity index (χ3v) is 7.51. The first kappa shape index (κ1) is 23.2. The van der Waals surface area contributed by atoms with Crippen molar-refractivity contribution in [2.45, 2.75) is 51.3 Å². The van der Waals surface area contributed by atoms with Gasteiger partial charge in [0, 0.05) is 35.6 Å². The van der Waals surface area contributed by atoms with Crippen LogP contribution in [-0.4, -0.2) is 34.4 Å². The van der Waals surface area contributed by atoms with E-state index in [1.54, 1.807) is 17.0 Å². The van der Waals surface area contributed by atoms with Crippen molar-refractivity contribution in [1.29, 1.82) is 0 Å². The molecule has 186 valence electrons. The van der Waals surface area contributed by atoms with Crippen LogP contribution in [0.25, 0.3) is 0 Å². The number of carbonyl (C=O) groups excluding carboxylic acids is 3. The van der Waals surface area contributed by atoms with Crippen molar-refractivity contribution >= 4 is 29.1 Å². The molecule has 1 saturated heterocycles. The molecular weight excluding hydrogens is 466 g/mol. The number of imide groups is 1. The Kier molecular flexibility index (Phi) is 5.83. The van der Waals surface area contributed by atoms with E-state index in [0.29, 0.717) is 30.3 Å². The van der Waals surface area contributed by atoms with E-state index in [4.69, 9.17) is 9.73 Å². The van der Waals surface area contributed by atoms with Gasteiger partial charge < -0.3 is 9.64 Å². The minimum atomic E-state index is -0.641. The topological polar surface area (TPSA) is 88.1 Å². The number of rotatable bonds is 6. The maximum absolute atomic E-state index is 13.0. The molecule has 0 aromatic heterocycles. The van der Waals surface area contributed by atoms with Crippen LogP contribution in [0.5, 0.6) is 5.75 Å². The Morgan fingerprint density at radius 1 is 0.973 bits per heavy atom. The Hall–Kier alpha value is -4.26. The monoisotopic (exact) mass is 493 g/mol. The second kappa shape index (κ2) is 9.32. The maximum atomic E-state index is 13.0. The van der Waals surface area contributed by atoms with Crippen LogP contribution in [0.1, 0.15) is 58.3 Å². The molecule has 3 aromatic carbocycles. The van der Waals surface area contributed by atoms with Crippen molar-refractivity contribution in [2.75, 3.05) is 0 Å². The van der Waals surface area contributed by atoms with E-state index in [9.17, 15) is 14.4 Å². The zero-order chi connectivity index (χ0) is 25.5. The first-order valence-corrected chi connectivity index (χ1v) is 12.6. The Morgan fingerprint density at radius 3 is 2.54 bits per heavy atom. The smallest absolute Gasteiger partial charge is 0.255 e. The lowest BCUT2D eigenvalue weighted by Gasteiger charge is -2.29. The fourth-order valence-electron chi connectivity index (χ4n) is 5.40. The minimum Gasteiger partial charge on any atom is -0.489 e. The molecule has 3 aromatic rings. The van der Waals surface area contributed by atoms with Crippen LogP contribution in [0.3, 0.4) is 0 Å². The molecule has 2 atom stereocenters. The lowest BCUT2D eigenvalue weighted by atomic mass is 9.94. The van der Waals surface area contributed by atoms with Crippen molar-refractivity contribution in [1.82, 2.24) is 10.2 Å². The molecule has 7 heteroatoms. The maximum Gasteiger partial charge on any atom is 0.255 e. The van der Waals surface area contributed by atoms with E-state index < -0.39 is 11.9 Å². The molecule has 1 N–H and O–H groups in total. The fourth-order valence-corrected chi connectivity index (χ4v) is 5.40. The first-order chi connectivity index (χ1) is 18.0. The zero-order valence-corrected chi connectivity index (χ0v) is 20.6. The standard InChI is InChI=1S/C30H27N3O4/c1-18-21-5-2-3-7-24(21)31-25(18)15-19-9-11-20(12-10-19)17-37-27-8-4-6-22-23(27)16-33(30(22)36)26-13-14-28(34)32-29(26)35/h2-12,18,26H,13-17H2,1H3,(H,32,34,35). The average molecular weight is 494 g/mol. The molecule has 0 aliphatic carbocycles. The number of ether oxygens (including phenoxy) is 1. The number of amides is 3. The van der Waals surface area contributed by atoms with Crippen LogP contribution in [0.15, 0.2) is 71.7 Å². The molecular formula is C30H27N3O4. The summed E-state index contributed by atoms with van der Waals surface area (Å²) in [7, 11) is 0. The van der Waals surface area contributed by atoms with E-state index in [2.05, 4.69) is 54.7 Å². The SMILES string of the molecule is CC1C(Cc2ccc(COc3cccc4c3CN(C3CCC(=O)NC3=O)C4=O)cc2)=Nc2ccccc21.